The Bertz CT molecular complexity index is 1480. The fraction of sp³-hybridized carbons (Fsp3) is 0.100. The first kappa shape index (κ1) is 22.3. The molecule has 0 saturated heterocycles. The molecule has 0 radical (unpaired) electrons. The first-order valence-corrected chi connectivity index (χ1v) is 11.4. The maximum absolute atomic E-state index is 12.5. The number of hydrogen-bond donors (Lipinski definition) is 1. The van der Waals surface area contributed by atoms with Crippen molar-refractivity contribution in [3.8, 4) is 28.0 Å². The van der Waals surface area contributed by atoms with E-state index >= 15 is 0 Å². The van der Waals surface area contributed by atoms with Gasteiger partial charge in [-0.25, -0.2) is 0 Å². The molecule has 0 bridgehead atoms. The Labute approximate surface area is 203 Å². The minimum absolute atomic E-state index is 0.204. The van der Waals surface area contributed by atoms with Crippen LogP contribution in [-0.4, -0.2) is 13.0 Å². The highest BCUT2D eigenvalue weighted by atomic mass is 16.5. The van der Waals surface area contributed by atoms with Crippen molar-refractivity contribution in [2.75, 3.05) is 7.11 Å². The van der Waals surface area contributed by atoms with Gasteiger partial charge in [0, 0.05) is 28.7 Å². The largest absolute Gasteiger partial charge is 0.496 e. The Kier molecular flexibility index (Phi) is 6.22. The van der Waals surface area contributed by atoms with Crippen LogP contribution in [0.3, 0.4) is 0 Å². The number of furan rings is 2. The van der Waals surface area contributed by atoms with Gasteiger partial charge in [0.25, 0.3) is 0 Å². The Morgan fingerprint density at radius 1 is 0.914 bits per heavy atom. The van der Waals surface area contributed by atoms with Crippen LogP contribution < -0.4 is 10.1 Å². The number of allylic oxidation sites excluding steroid dienone is 1. The summed E-state index contributed by atoms with van der Waals surface area (Å²) in [5.74, 6) is 1.14. The number of hydrogen-bond acceptors (Lipinski definition) is 4. The number of ether oxygens (including phenoxy) is 1. The number of amides is 1. The van der Waals surface area contributed by atoms with Crippen LogP contribution >= 0.6 is 0 Å². The maximum atomic E-state index is 12.5. The van der Waals surface area contributed by atoms with E-state index in [1.165, 1.54) is 5.56 Å². The van der Waals surface area contributed by atoms with Crippen molar-refractivity contribution in [2.24, 2.45) is 0 Å². The van der Waals surface area contributed by atoms with Gasteiger partial charge in [-0.2, -0.15) is 0 Å². The van der Waals surface area contributed by atoms with E-state index in [1.807, 2.05) is 43.3 Å². The maximum Gasteiger partial charge on any atom is 0.244 e. The second kappa shape index (κ2) is 9.77. The molecule has 0 aliphatic carbocycles. The fourth-order valence-corrected chi connectivity index (χ4v) is 4.14. The summed E-state index contributed by atoms with van der Waals surface area (Å²) in [5, 5.41) is 3.80. The van der Waals surface area contributed by atoms with Crippen LogP contribution in [0.4, 0.5) is 0 Å². The molecule has 0 aliphatic rings. The normalized spacial score (nSPS) is 11.5. The summed E-state index contributed by atoms with van der Waals surface area (Å²) in [6.45, 7) is 2.22. The molecule has 0 fully saturated rings. The molecule has 174 valence electrons. The lowest BCUT2D eigenvalue weighted by molar-refractivity contribution is -0.116. The van der Waals surface area contributed by atoms with Crippen molar-refractivity contribution in [2.45, 2.75) is 13.5 Å². The number of rotatable bonds is 7. The van der Waals surface area contributed by atoms with Gasteiger partial charge in [-0.3, -0.25) is 4.79 Å². The van der Waals surface area contributed by atoms with Crippen LogP contribution in [-0.2, 0) is 11.3 Å². The monoisotopic (exact) mass is 463 g/mol. The highest BCUT2D eigenvalue weighted by molar-refractivity contribution is 6.00. The zero-order valence-electron chi connectivity index (χ0n) is 19.6. The second-order valence-electron chi connectivity index (χ2n) is 8.27. The number of benzene rings is 3. The molecule has 35 heavy (non-hydrogen) atoms. The van der Waals surface area contributed by atoms with Crippen LogP contribution in [0, 0.1) is 0 Å². The SMILES string of the molecule is COc1cc2occ(-c3ccc(-c4ccccc4)cc3)c2cc1/C(C)=C/C(=O)NCc1ccco1. The molecule has 1 amide bonds. The van der Waals surface area contributed by atoms with Crippen LogP contribution in [0.1, 0.15) is 18.2 Å². The molecule has 0 atom stereocenters. The van der Waals surface area contributed by atoms with Crippen molar-refractivity contribution >= 4 is 22.4 Å². The zero-order valence-corrected chi connectivity index (χ0v) is 19.6. The van der Waals surface area contributed by atoms with Crippen LogP contribution in [0.5, 0.6) is 5.75 Å². The Morgan fingerprint density at radius 3 is 2.37 bits per heavy atom. The van der Waals surface area contributed by atoms with E-state index in [4.69, 9.17) is 13.6 Å². The van der Waals surface area contributed by atoms with E-state index in [0.717, 1.165) is 38.8 Å². The van der Waals surface area contributed by atoms with Gasteiger partial charge in [0.2, 0.25) is 5.91 Å². The van der Waals surface area contributed by atoms with Gasteiger partial charge in [0.05, 0.1) is 26.2 Å². The summed E-state index contributed by atoms with van der Waals surface area (Å²) in [4.78, 5) is 12.5. The molecule has 0 saturated carbocycles. The number of fused-ring (bicyclic) bond motifs is 1. The molecule has 2 heterocycles. The van der Waals surface area contributed by atoms with Crippen molar-refractivity contribution in [1.82, 2.24) is 5.32 Å². The van der Waals surface area contributed by atoms with E-state index in [-0.39, 0.29) is 5.91 Å². The second-order valence-corrected chi connectivity index (χ2v) is 8.27. The summed E-state index contributed by atoms with van der Waals surface area (Å²) in [7, 11) is 1.61. The first-order valence-electron chi connectivity index (χ1n) is 11.4. The molecule has 0 spiro atoms. The van der Waals surface area contributed by atoms with Crippen molar-refractivity contribution in [3.05, 3.63) is 109 Å². The third kappa shape index (κ3) is 4.75. The summed E-state index contributed by atoms with van der Waals surface area (Å²) in [5.41, 5.74) is 6.71. The zero-order chi connectivity index (χ0) is 24.2. The molecule has 0 aliphatic heterocycles. The number of carbonyl (C=O) groups excluding carboxylic acids is 1. The van der Waals surface area contributed by atoms with Crippen molar-refractivity contribution in [1.29, 1.82) is 0 Å². The molecule has 0 unspecified atom stereocenters. The number of methoxy groups -OCH3 is 1. The van der Waals surface area contributed by atoms with Gasteiger partial charge >= 0.3 is 0 Å². The predicted molar refractivity (Wildman–Crippen MR) is 138 cm³/mol. The van der Waals surface area contributed by atoms with Gasteiger partial charge < -0.3 is 18.9 Å². The van der Waals surface area contributed by atoms with Crippen LogP contribution in [0.2, 0.25) is 0 Å². The topological polar surface area (TPSA) is 64.6 Å². The average molecular weight is 464 g/mol. The predicted octanol–water partition coefficient (Wildman–Crippen LogP) is 7.09. The standard InChI is InChI=1S/C30H25NO4/c1-20(15-30(32)31-18-24-9-6-14-34-24)25-16-26-27(19-35-29(26)17-28(25)33-2)23-12-10-22(11-13-23)21-7-4-3-5-8-21/h3-17,19H,18H2,1-2H3,(H,31,32)/b20-15+. The molecule has 5 rings (SSSR count). The lowest BCUT2D eigenvalue weighted by Crippen LogP contribution is -2.20. The minimum Gasteiger partial charge on any atom is -0.496 e. The van der Waals surface area contributed by atoms with Crippen LogP contribution in [0.25, 0.3) is 38.8 Å². The quantitative estimate of drug-likeness (QED) is 0.262. The highest BCUT2D eigenvalue weighted by Crippen LogP contribution is 2.37. The van der Waals surface area contributed by atoms with E-state index in [0.29, 0.717) is 18.1 Å². The summed E-state index contributed by atoms with van der Waals surface area (Å²) < 4.78 is 16.7. The van der Waals surface area contributed by atoms with Gasteiger partial charge in [-0.15, -0.1) is 0 Å². The van der Waals surface area contributed by atoms with Gasteiger partial charge in [0.1, 0.15) is 17.1 Å². The molecule has 5 aromatic rings. The number of nitrogens with one attached hydrogen (secondary N) is 1. The van der Waals surface area contributed by atoms with Gasteiger partial charge in [0.15, 0.2) is 0 Å². The third-order valence-electron chi connectivity index (χ3n) is 5.99. The lowest BCUT2D eigenvalue weighted by atomic mass is 9.97. The Morgan fingerprint density at radius 2 is 1.66 bits per heavy atom. The molecule has 2 aromatic heterocycles. The molecule has 1 N–H and O–H groups in total. The molecule has 5 nitrogen and oxygen atoms in total. The highest BCUT2D eigenvalue weighted by Gasteiger charge is 2.15. The summed E-state index contributed by atoms with van der Waals surface area (Å²) in [6, 6.07) is 26.2. The molecular formula is C30H25NO4. The van der Waals surface area contributed by atoms with E-state index in [9.17, 15) is 4.79 Å². The minimum atomic E-state index is -0.204. The smallest absolute Gasteiger partial charge is 0.244 e. The number of carbonyl (C=O) groups is 1. The Hall–Kier alpha value is -4.51. The summed E-state index contributed by atoms with van der Waals surface area (Å²) >= 11 is 0. The van der Waals surface area contributed by atoms with E-state index in [2.05, 4.69) is 41.7 Å². The van der Waals surface area contributed by atoms with Crippen LogP contribution in [0.15, 0.2) is 106 Å². The summed E-state index contributed by atoms with van der Waals surface area (Å²) in [6.07, 6.45) is 4.92. The van der Waals surface area contributed by atoms with Crippen molar-refractivity contribution < 1.29 is 18.4 Å². The van der Waals surface area contributed by atoms with E-state index in [1.54, 1.807) is 31.8 Å². The fourth-order valence-electron chi connectivity index (χ4n) is 4.14. The Balaban J connectivity index is 1.45. The van der Waals surface area contributed by atoms with Crippen molar-refractivity contribution in [3.63, 3.8) is 0 Å². The molecular weight excluding hydrogens is 438 g/mol. The lowest BCUT2D eigenvalue weighted by Gasteiger charge is -2.10. The van der Waals surface area contributed by atoms with Gasteiger partial charge in [-0.05, 0) is 47.4 Å². The van der Waals surface area contributed by atoms with E-state index < -0.39 is 0 Å². The molecule has 3 aromatic carbocycles. The third-order valence-corrected chi connectivity index (χ3v) is 5.99. The first-order chi connectivity index (χ1) is 17.1. The molecule has 5 heteroatoms. The average Bonchev–Trinajstić information content (AvgIpc) is 3.57. The van der Waals surface area contributed by atoms with Gasteiger partial charge in [-0.1, -0.05) is 54.6 Å².